The van der Waals surface area contributed by atoms with E-state index in [0.29, 0.717) is 0 Å². The van der Waals surface area contributed by atoms with Crippen molar-refractivity contribution in [1.29, 1.82) is 5.41 Å². The van der Waals surface area contributed by atoms with Gasteiger partial charge in [-0.2, -0.15) is 0 Å². The second-order valence-electron chi connectivity index (χ2n) is 0.692. The number of hydrogen-bond acceptors (Lipinski definition) is 1. The van der Waals surface area contributed by atoms with Gasteiger partial charge in [-0.3, -0.25) is 0 Å². The van der Waals surface area contributed by atoms with Crippen LogP contribution in [0.1, 0.15) is 6.92 Å². The Labute approximate surface area is 31.8 Å². The van der Waals surface area contributed by atoms with Crippen LogP contribution < -0.4 is 0 Å². The van der Waals surface area contributed by atoms with Crippen molar-refractivity contribution < 1.29 is 0 Å². The van der Waals surface area contributed by atoms with Crippen molar-refractivity contribution in [2.45, 2.75) is 6.92 Å². The lowest BCUT2D eigenvalue weighted by Crippen LogP contribution is -1.48. The molecule has 1 nitrogen and oxygen atoms in total. The molecule has 0 aromatic carbocycles. The molecular weight excluding hydrogens is 62.1 g/mol. The Morgan fingerprint density at radius 1 is 1.60 bits per heavy atom. The van der Waals surface area contributed by atoms with E-state index in [-0.39, 0.29) is 0 Å². The van der Waals surface area contributed by atoms with E-state index in [9.17, 15) is 0 Å². The van der Waals surface area contributed by atoms with E-state index in [1.54, 1.807) is 6.08 Å². The van der Waals surface area contributed by atoms with Crippen molar-refractivity contribution in [2.75, 3.05) is 0 Å². The summed E-state index contributed by atoms with van der Waals surface area (Å²) in [4.78, 5) is 0. The standard InChI is InChI=1S/C4H7N/c1-2-3-4-5/h2-5H,1H3/b3-2-,5-4?. The predicted octanol–water partition coefficient (Wildman–Crippen LogP) is 1.21. The van der Waals surface area contributed by atoms with Crippen LogP contribution in [-0.2, 0) is 0 Å². The second kappa shape index (κ2) is 3.41. The Bertz CT molecular complexity index is 45.6. The fraction of sp³-hybridized carbons (Fsp3) is 0.250. The van der Waals surface area contributed by atoms with Gasteiger partial charge in [0, 0.05) is 6.21 Å². The van der Waals surface area contributed by atoms with Crippen LogP contribution >= 0.6 is 0 Å². The zero-order valence-electron chi connectivity index (χ0n) is 3.23. The van der Waals surface area contributed by atoms with Crippen molar-refractivity contribution in [1.82, 2.24) is 0 Å². The van der Waals surface area contributed by atoms with Crippen LogP contribution in [0.15, 0.2) is 12.2 Å². The monoisotopic (exact) mass is 69.1 g/mol. The van der Waals surface area contributed by atoms with Gasteiger partial charge in [0.1, 0.15) is 0 Å². The van der Waals surface area contributed by atoms with Crippen molar-refractivity contribution in [2.24, 2.45) is 0 Å². The van der Waals surface area contributed by atoms with Crippen molar-refractivity contribution in [3.05, 3.63) is 12.2 Å². The van der Waals surface area contributed by atoms with Gasteiger partial charge in [-0.15, -0.1) is 0 Å². The SMILES string of the molecule is C/C=C\C=N. The van der Waals surface area contributed by atoms with E-state index in [1.165, 1.54) is 6.21 Å². The first-order valence-corrected chi connectivity index (χ1v) is 1.53. The summed E-state index contributed by atoms with van der Waals surface area (Å²) in [5.41, 5.74) is 0. The van der Waals surface area contributed by atoms with Gasteiger partial charge in [0.25, 0.3) is 0 Å². The van der Waals surface area contributed by atoms with Gasteiger partial charge in [-0.25, -0.2) is 0 Å². The average Bonchev–Trinajstić information content (AvgIpc) is 1.41. The molecule has 28 valence electrons. The smallest absolute Gasteiger partial charge is 0.0174 e. The molecule has 0 aliphatic heterocycles. The zero-order chi connectivity index (χ0) is 4.12. The van der Waals surface area contributed by atoms with E-state index in [0.717, 1.165) is 0 Å². The maximum Gasteiger partial charge on any atom is 0.0174 e. The fourth-order valence-electron chi connectivity index (χ4n) is 0.0962. The summed E-state index contributed by atoms with van der Waals surface area (Å²) in [6, 6.07) is 0. The lowest BCUT2D eigenvalue weighted by Gasteiger charge is -1.54. The second-order valence-corrected chi connectivity index (χ2v) is 0.692. The van der Waals surface area contributed by atoms with Crippen LogP contribution in [0.4, 0.5) is 0 Å². The molecule has 1 N–H and O–H groups in total. The van der Waals surface area contributed by atoms with Crippen LogP contribution in [0.2, 0.25) is 0 Å². The molecule has 0 heterocycles. The molecule has 0 fully saturated rings. The lowest BCUT2D eigenvalue weighted by atomic mass is 10.6. The Hall–Kier alpha value is -0.590. The van der Waals surface area contributed by atoms with Gasteiger partial charge >= 0.3 is 0 Å². The minimum Gasteiger partial charge on any atom is -0.309 e. The normalized spacial score (nSPS) is 9.00. The first-order chi connectivity index (χ1) is 2.41. The molecule has 0 saturated carbocycles. The number of hydrogen-bond donors (Lipinski definition) is 1. The van der Waals surface area contributed by atoms with Crippen LogP contribution in [0, 0.1) is 5.41 Å². The van der Waals surface area contributed by atoms with Crippen LogP contribution in [0.25, 0.3) is 0 Å². The predicted molar refractivity (Wildman–Crippen MR) is 23.6 cm³/mol. The van der Waals surface area contributed by atoms with Gasteiger partial charge in [0.05, 0.1) is 0 Å². The van der Waals surface area contributed by atoms with E-state index < -0.39 is 0 Å². The minimum absolute atomic E-state index is 1.25. The first-order valence-electron chi connectivity index (χ1n) is 1.53. The minimum atomic E-state index is 1.25. The molecule has 1 heteroatoms. The average molecular weight is 69.1 g/mol. The highest BCUT2D eigenvalue weighted by Gasteiger charge is 1.43. The Kier molecular flexibility index (Phi) is 3.01. The third-order valence-electron chi connectivity index (χ3n) is 0.289. The van der Waals surface area contributed by atoms with E-state index in [4.69, 9.17) is 5.41 Å². The zero-order valence-corrected chi connectivity index (χ0v) is 3.23. The van der Waals surface area contributed by atoms with Crippen LogP contribution in [0.5, 0.6) is 0 Å². The largest absolute Gasteiger partial charge is 0.309 e. The molecule has 0 aliphatic carbocycles. The topological polar surface area (TPSA) is 23.9 Å². The van der Waals surface area contributed by atoms with Gasteiger partial charge < -0.3 is 5.41 Å². The third kappa shape index (κ3) is 3.41. The number of rotatable bonds is 1. The lowest BCUT2D eigenvalue weighted by molar-refractivity contribution is 1.57. The maximum absolute atomic E-state index is 6.39. The van der Waals surface area contributed by atoms with E-state index in [2.05, 4.69) is 0 Å². The summed E-state index contributed by atoms with van der Waals surface area (Å²) in [7, 11) is 0. The van der Waals surface area contributed by atoms with Crippen molar-refractivity contribution in [3.8, 4) is 0 Å². The summed E-state index contributed by atoms with van der Waals surface area (Å²) in [5, 5.41) is 6.39. The molecule has 0 spiro atoms. The molecule has 5 heavy (non-hydrogen) atoms. The van der Waals surface area contributed by atoms with Crippen molar-refractivity contribution >= 4 is 6.21 Å². The molecule has 0 aromatic heterocycles. The quantitative estimate of drug-likeness (QED) is 0.447. The Morgan fingerprint density at radius 3 is 2.20 bits per heavy atom. The molecule has 0 bridgehead atoms. The number of nitrogens with one attached hydrogen (secondary N) is 1. The van der Waals surface area contributed by atoms with Gasteiger partial charge in [0.15, 0.2) is 0 Å². The maximum atomic E-state index is 6.39. The first kappa shape index (κ1) is 4.41. The molecule has 0 aromatic rings. The van der Waals surface area contributed by atoms with Crippen LogP contribution in [0.3, 0.4) is 0 Å². The molecule has 0 aliphatic rings. The summed E-state index contributed by atoms with van der Waals surface area (Å²) < 4.78 is 0. The molecule has 0 atom stereocenters. The third-order valence-corrected chi connectivity index (χ3v) is 0.289. The highest BCUT2D eigenvalue weighted by atomic mass is 14.3. The highest BCUT2D eigenvalue weighted by Crippen LogP contribution is 1.55. The summed E-state index contributed by atoms with van der Waals surface area (Å²) in [6.45, 7) is 1.88. The number of allylic oxidation sites excluding steroid dienone is 2. The van der Waals surface area contributed by atoms with Gasteiger partial charge in [0.2, 0.25) is 0 Å². The van der Waals surface area contributed by atoms with Crippen molar-refractivity contribution in [3.63, 3.8) is 0 Å². The summed E-state index contributed by atoms with van der Waals surface area (Å²) in [5.74, 6) is 0. The molecule has 0 saturated heterocycles. The van der Waals surface area contributed by atoms with E-state index >= 15 is 0 Å². The van der Waals surface area contributed by atoms with Gasteiger partial charge in [-0.05, 0) is 13.0 Å². The molecular formula is C4H7N. The fourth-order valence-corrected chi connectivity index (χ4v) is 0.0962. The summed E-state index contributed by atoms with van der Waals surface area (Å²) in [6.07, 6.45) is 4.73. The van der Waals surface area contributed by atoms with Crippen LogP contribution in [-0.4, -0.2) is 6.21 Å². The molecule has 0 radical (unpaired) electrons. The molecule has 0 amide bonds. The van der Waals surface area contributed by atoms with E-state index in [1.807, 2.05) is 13.0 Å². The summed E-state index contributed by atoms with van der Waals surface area (Å²) >= 11 is 0. The van der Waals surface area contributed by atoms with Gasteiger partial charge in [-0.1, -0.05) is 6.08 Å². The highest BCUT2D eigenvalue weighted by molar-refractivity contribution is 5.67. The Balaban J connectivity index is 2.92. The molecule has 0 rings (SSSR count). The Morgan fingerprint density at radius 2 is 2.20 bits per heavy atom. The molecule has 0 unspecified atom stereocenters.